The van der Waals surface area contributed by atoms with Crippen molar-refractivity contribution < 1.29 is 19.3 Å². The van der Waals surface area contributed by atoms with Crippen LogP contribution in [0.1, 0.15) is 15.3 Å². The monoisotopic (exact) mass is 436 g/mol. The van der Waals surface area contributed by atoms with Crippen molar-refractivity contribution in [1.29, 1.82) is 0 Å². The number of hydrogen-bond acceptors (Lipinski definition) is 8. The number of anilines is 1. The number of aromatic nitrogens is 3. The largest absolute Gasteiger partial charge is 0.456 e. The van der Waals surface area contributed by atoms with Gasteiger partial charge in [0, 0.05) is 9.75 Å². The second-order valence-electron chi connectivity index (χ2n) is 7.36. The number of nitrogens with zero attached hydrogens (tertiary/aromatic N) is 2. The SMILES string of the molecule is Cc1cc(CNc2nc3nc(O[C@@H]4CO[C@H]5[C@@H]4OC[C@H]5O)[nH]c3cc2Cl)sc1C. The summed E-state index contributed by atoms with van der Waals surface area (Å²) in [6, 6.07) is 4.27. The zero-order valence-electron chi connectivity index (χ0n) is 15.9. The Kier molecular flexibility index (Phi) is 4.87. The van der Waals surface area contributed by atoms with E-state index in [1.54, 1.807) is 17.4 Å². The average molecular weight is 437 g/mol. The molecule has 2 aliphatic rings. The minimum atomic E-state index is -0.616. The van der Waals surface area contributed by atoms with Crippen molar-refractivity contribution in [2.24, 2.45) is 0 Å². The zero-order valence-corrected chi connectivity index (χ0v) is 17.5. The van der Waals surface area contributed by atoms with E-state index in [4.69, 9.17) is 25.8 Å². The minimum absolute atomic E-state index is 0.255. The number of ether oxygens (including phenoxy) is 3. The molecular weight excluding hydrogens is 416 g/mol. The number of imidazole rings is 1. The fourth-order valence-corrected chi connectivity index (χ4v) is 4.88. The van der Waals surface area contributed by atoms with Crippen LogP contribution in [-0.4, -0.2) is 57.7 Å². The number of aryl methyl sites for hydroxylation is 2. The molecule has 4 atom stereocenters. The van der Waals surface area contributed by atoms with Crippen LogP contribution in [-0.2, 0) is 16.0 Å². The van der Waals surface area contributed by atoms with E-state index in [1.807, 2.05) is 0 Å². The van der Waals surface area contributed by atoms with Gasteiger partial charge < -0.3 is 29.6 Å². The van der Waals surface area contributed by atoms with Crippen molar-refractivity contribution in [3.05, 3.63) is 32.5 Å². The highest BCUT2D eigenvalue weighted by molar-refractivity contribution is 7.12. The highest BCUT2D eigenvalue weighted by Crippen LogP contribution is 2.31. The van der Waals surface area contributed by atoms with Crippen LogP contribution in [0.15, 0.2) is 12.1 Å². The Morgan fingerprint density at radius 3 is 2.90 bits per heavy atom. The van der Waals surface area contributed by atoms with Crippen LogP contribution in [0.3, 0.4) is 0 Å². The number of halogens is 1. The van der Waals surface area contributed by atoms with Gasteiger partial charge in [0.1, 0.15) is 24.1 Å². The molecule has 0 aromatic carbocycles. The van der Waals surface area contributed by atoms with Crippen LogP contribution >= 0.6 is 22.9 Å². The molecule has 8 nitrogen and oxygen atoms in total. The molecule has 3 aromatic heterocycles. The normalized spacial score (nSPS) is 26.2. The molecule has 0 aliphatic carbocycles. The van der Waals surface area contributed by atoms with Gasteiger partial charge in [0.2, 0.25) is 0 Å². The van der Waals surface area contributed by atoms with E-state index < -0.39 is 6.10 Å². The first-order valence-electron chi connectivity index (χ1n) is 9.42. The van der Waals surface area contributed by atoms with Gasteiger partial charge >= 0.3 is 0 Å². The third-order valence-electron chi connectivity index (χ3n) is 5.30. The number of hydrogen-bond donors (Lipinski definition) is 3. The van der Waals surface area contributed by atoms with E-state index in [0.717, 1.165) is 0 Å². The summed E-state index contributed by atoms with van der Waals surface area (Å²) in [5.41, 5.74) is 2.47. The summed E-state index contributed by atoms with van der Waals surface area (Å²) in [5, 5.41) is 13.6. The molecular formula is C19H21ClN4O4S. The van der Waals surface area contributed by atoms with Gasteiger partial charge in [-0.1, -0.05) is 11.6 Å². The standard InChI is InChI=1S/C19H21ClN4O4S/c1-8-3-10(29-9(8)2)5-21-17-11(20)4-12-18(23-17)24-19(22-12)28-14-7-27-15-13(25)6-26-16(14)15/h3-4,13-16,25H,5-7H2,1-2H3,(H2,21,22,23,24)/t13-,14-,15-,16-/m1/s1. The van der Waals surface area contributed by atoms with Crippen molar-refractivity contribution in [2.45, 2.75) is 44.8 Å². The number of thiophene rings is 1. The van der Waals surface area contributed by atoms with E-state index in [2.05, 4.69) is 40.2 Å². The second-order valence-corrected chi connectivity index (χ2v) is 9.11. The van der Waals surface area contributed by atoms with Gasteiger partial charge in [-0.3, -0.25) is 0 Å². The molecule has 0 unspecified atom stereocenters. The lowest BCUT2D eigenvalue weighted by Gasteiger charge is -2.15. The smallest absolute Gasteiger partial charge is 0.296 e. The summed E-state index contributed by atoms with van der Waals surface area (Å²) in [6.07, 6.45) is -1.60. The number of H-pyrrole nitrogens is 1. The molecule has 154 valence electrons. The van der Waals surface area contributed by atoms with Crippen molar-refractivity contribution in [1.82, 2.24) is 15.0 Å². The number of pyridine rings is 1. The molecule has 3 N–H and O–H groups in total. The summed E-state index contributed by atoms with van der Waals surface area (Å²) in [5.74, 6) is 0.576. The van der Waals surface area contributed by atoms with Crippen LogP contribution in [0, 0.1) is 13.8 Å². The molecule has 0 amide bonds. The van der Waals surface area contributed by atoms with Crippen LogP contribution in [0.4, 0.5) is 5.82 Å². The number of nitrogens with one attached hydrogen (secondary N) is 2. The third kappa shape index (κ3) is 3.57. The van der Waals surface area contributed by atoms with Gasteiger partial charge in [-0.25, -0.2) is 4.98 Å². The van der Waals surface area contributed by atoms with Crippen molar-refractivity contribution in [3.8, 4) is 6.01 Å². The van der Waals surface area contributed by atoms with Crippen molar-refractivity contribution in [2.75, 3.05) is 18.5 Å². The fourth-order valence-electron chi connectivity index (χ4n) is 3.67. The quantitative estimate of drug-likeness (QED) is 0.565. The molecule has 2 aliphatic heterocycles. The lowest BCUT2D eigenvalue weighted by atomic mass is 10.1. The van der Waals surface area contributed by atoms with Crippen LogP contribution in [0.2, 0.25) is 5.02 Å². The number of rotatable bonds is 5. The van der Waals surface area contributed by atoms with Gasteiger partial charge in [-0.05, 0) is 31.5 Å². The average Bonchev–Trinajstić information content (AvgIpc) is 3.42. The molecule has 2 saturated heterocycles. The van der Waals surface area contributed by atoms with Gasteiger partial charge in [0.05, 0.1) is 30.3 Å². The lowest BCUT2D eigenvalue weighted by Crippen LogP contribution is -2.34. The Bertz CT molecular complexity index is 1030. The Morgan fingerprint density at radius 1 is 1.28 bits per heavy atom. The summed E-state index contributed by atoms with van der Waals surface area (Å²) < 4.78 is 17.1. The first-order chi connectivity index (χ1) is 14.0. The highest BCUT2D eigenvalue weighted by atomic mass is 35.5. The van der Waals surface area contributed by atoms with E-state index in [-0.39, 0.29) is 24.9 Å². The number of fused-ring (bicyclic) bond motifs is 2. The summed E-state index contributed by atoms with van der Waals surface area (Å²) in [4.78, 5) is 14.6. The molecule has 0 bridgehead atoms. The van der Waals surface area contributed by atoms with E-state index in [9.17, 15) is 5.11 Å². The first kappa shape index (κ1) is 19.1. The highest BCUT2D eigenvalue weighted by Gasteiger charge is 2.48. The molecule has 0 spiro atoms. The van der Waals surface area contributed by atoms with E-state index in [1.165, 1.54) is 15.3 Å². The number of aromatic amines is 1. The third-order valence-corrected chi connectivity index (χ3v) is 6.74. The molecule has 29 heavy (non-hydrogen) atoms. The van der Waals surface area contributed by atoms with Gasteiger partial charge in [0.25, 0.3) is 6.01 Å². The number of aliphatic hydroxyl groups excluding tert-OH is 1. The second kappa shape index (κ2) is 7.41. The Hall–Kier alpha value is -1.91. The molecule has 0 radical (unpaired) electrons. The van der Waals surface area contributed by atoms with E-state index in [0.29, 0.717) is 41.2 Å². The maximum atomic E-state index is 9.85. The predicted octanol–water partition coefficient (Wildman–Crippen LogP) is 2.81. The topological polar surface area (TPSA) is 102 Å². The Balaban J connectivity index is 1.31. The molecule has 10 heteroatoms. The van der Waals surface area contributed by atoms with Crippen molar-refractivity contribution in [3.63, 3.8) is 0 Å². The molecule has 0 saturated carbocycles. The van der Waals surface area contributed by atoms with Crippen LogP contribution in [0.5, 0.6) is 6.01 Å². The van der Waals surface area contributed by atoms with Gasteiger partial charge in [-0.2, -0.15) is 4.98 Å². The predicted molar refractivity (Wildman–Crippen MR) is 110 cm³/mol. The van der Waals surface area contributed by atoms with Crippen molar-refractivity contribution >= 4 is 39.9 Å². The molecule has 2 fully saturated rings. The molecule has 5 heterocycles. The maximum Gasteiger partial charge on any atom is 0.296 e. The Labute approximate surface area is 176 Å². The molecule has 5 rings (SSSR count). The Morgan fingerprint density at radius 2 is 2.10 bits per heavy atom. The minimum Gasteiger partial charge on any atom is -0.456 e. The van der Waals surface area contributed by atoms with Crippen LogP contribution in [0.25, 0.3) is 11.2 Å². The maximum absolute atomic E-state index is 9.85. The van der Waals surface area contributed by atoms with E-state index >= 15 is 0 Å². The summed E-state index contributed by atoms with van der Waals surface area (Å²) in [6.45, 7) is 5.45. The van der Waals surface area contributed by atoms with Gasteiger partial charge in [0.15, 0.2) is 11.8 Å². The first-order valence-corrected chi connectivity index (χ1v) is 10.6. The summed E-state index contributed by atoms with van der Waals surface area (Å²) in [7, 11) is 0. The summed E-state index contributed by atoms with van der Waals surface area (Å²) >= 11 is 8.15. The lowest BCUT2D eigenvalue weighted by molar-refractivity contribution is 0.00706. The number of aliphatic hydroxyl groups is 1. The zero-order chi connectivity index (χ0) is 20.1. The van der Waals surface area contributed by atoms with Crippen LogP contribution < -0.4 is 10.1 Å². The molecule has 3 aromatic rings. The fraction of sp³-hybridized carbons (Fsp3) is 0.474. The van der Waals surface area contributed by atoms with Gasteiger partial charge in [-0.15, -0.1) is 11.3 Å².